The van der Waals surface area contributed by atoms with Crippen LogP contribution in [0.4, 0.5) is 0 Å². The minimum absolute atomic E-state index is 0.0577. The summed E-state index contributed by atoms with van der Waals surface area (Å²) in [5.41, 5.74) is 0.724. The molecule has 0 amide bonds. The Kier molecular flexibility index (Phi) is 3.12. The number of phenolic OH excluding ortho intramolecular Hbond substituents is 1. The topological polar surface area (TPSA) is 57.5 Å². The van der Waals surface area contributed by atoms with Gasteiger partial charge in [0.15, 0.2) is 0 Å². The molecule has 0 saturated carbocycles. The molecule has 0 aromatic heterocycles. The Balaban J connectivity index is 3.29. The van der Waals surface area contributed by atoms with Crippen molar-refractivity contribution in [2.45, 2.75) is 26.2 Å². The molecule has 14 heavy (non-hydrogen) atoms. The van der Waals surface area contributed by atoms with Crippen LogP contribution < -0.4 is 0 Å². The van der Waals surface area contributed by atoms with Crippen LogP contribution in [0.3, 0.4) is 0 Å². The molecule has 1 atom stereocenters. The minimum Gasteiger partial charge on any atom is -0.508 e. The number of hydrogen-bond acceptors (Lipinski definition) is 2. The Morgan fingerprint density at radius 2 is 2.14 bits per heavy atom. The maximum Gasteiger partial charge on any atom is 0.336 e. The van der Waals surface area contributed by atoms with E-state index in [0.29, 0.717) is 5.56 Å². The average Bonchev–Trinajstić information content (AvgIpc) is 2.16. The van der Waals surface area contributed by atoms with E-state index in [0.717, 1.165) is 6.42 Å². The Labute approximate surface area is 83.0 Å². The number of aromatic hydroxyl groups is 1. The highest BCUT2D eigenvalue weighted by Gasteiger charge is 2.17. The lowest BCUT2D eigenvalue weighted by Gasteiger charge is -2.13. The molecule has 0 aliphatic rings. The Bertz CT molecular complexity index is 344. The molecule has 3 heteroatoms. The van der Waals surface area contributed by atoms with E-state index >= 15 is 0 Å². The van der Waals surface area contributed by atoms with Gasteiger partial charge < -0.3 is 10.2 Å². The number of rotatable bonds is 3. The van der Waals surface area contributed by atoms with Crippen LogP contribution in [0.2, 0.25) is 0 Å². The van der Waals surface area contributed by atoms with Crippen LogP contribution in [0.25, 0.3) is 0 Å². The normalized spacial score (nSPS) is 12.4. The van der Waals surface area contributed by atoms with E-state index in [1.807, 2.05) is 13.8 Å². The summed E-state index contributed by atoms with van der Waals surface area (Å²) in [5, 5.41) is 18.5. The highest BCUT2D eigenvalue weighted by molar-refractivity contribution is 5.90. The molecule has 1 aromatic rings. The summed E-state index contributed by atoms with van der Waals surface area (Å²) in [4.78, 5) is 10.9. The molecule has 1 rings (SSSR count). The number of aromatic carboxylic acids is 1. The van der Waals surface area contributed by atoms with Gasteiger partial charge in [-0.1, -0.05) is 19.9 Å². The summed E-state index contributed by atoms with van der Waals surface area (Å²) >= 11 is 0. The first-order valence-electron chi connectivity index (χ1n) is 4.63. The van der Waals surface area contributed by atoms with Crippen LogP contribution >= 0.6 is 0 Å². The second-order valence-corrected chi connectivity index (χ2v) is 3.35. The van der Waals surface area contributed by atoms with Crippen molar-refractivity contribution >= 4 is 5.97 Å². The molecule has 2 N–H and O–H groups in total. The van der Waals surface area contributed by atoms with Gasteiger partial charge in [0.25, 0.3) is 0 Å². The first-order valence-corrected chi connectivity index (χ1v) is 4.63. The molecule has 0 bridgehead atoms. The Hall–Kier alpha value is -1.51. The zero-order chi connectivity index (χ0) is 10.7. The zero-order valence-electron chi connectivity index (χ0n) is 8.32. The second kappa shape index (κ2) is 4.13. The summed E-state index contributed by atoms with van der Waals surface area (Å²) in [6, 6.07) is 4.59. The van der Waals surface area contributed by atoms with Gasteiger partial charge >= 0.3 is 5.97 Å². The largest absolute Gasteiger partial charge is 0.508 e. The van der Waals surface area contributed by atoms with E-state index in [1.54, 1.807) is 6.07 Å². The van der Waals surface area contributed by atoms with Crippen molar-refractivity contribution in [3.05, 3.63) is 29.3 Å². The lowest BCUT2D eigenvalue weighted by Crippen LogP contribution is -2.05. The quantitative estimate of drug-likeness (QED) is 0.777. The third-order valence-corrected chi connectivity index (χ3v) is 2.42. The summed E-state index contributed by atoms with van der Waals surface area (Å²) in [7, 11) is 0. The highest BCUT2D eigenvalue weighted by Crippen LogP contribution is 2.30. The fourth-order valence-electron chi connectivity index (χ4n) is 1.46. The van der Waals surface area contributed by atoms with Gasteiger partial charge in [-0.25, -0.2) is 4.79 Å². The van der Waals surface area contributed by atoms with E-state index in [4.69, 9.17) is 5.11 Å². The zero-order valence-corrected chi connectivity index (χ0v) is 8.32. The van der Waals surface area contributed by atoms with Gasteiger partial charge in [-0.05, 0) is 24.5 Å². The van der Waals surface area contributed by atoms with Crippen LogP contribution in [0.1, 0.15) is 42.1 Å². The summed E-state index contributed by atoms with van der Waals surface area (Å²) in [5.74, 6) is -0.863. The van der Waals surface area contributed by atoms with Crippen LogP contribution in [0, 0.1) is 0 Å². The predicted molar refractivity (Wildman–Crippen MR) is 53.8 cm³/mol. The minimum atomic E-state index is -0.990. The van der Waals surface area contributed by atoms with Crippen LogP contribution in [0.15, 0.2) is 18.2 Å². The van der Waals surface area contributed by atoms with Crippen molar-refractivity contribution in [2.24, 2.45) is 0 Å². The first-order chi connectivity index (χ1) is 6.57. The number of hydrogen-bond donors (Lipinski definition) is 2. The van der Waals surface area contributed by atoms with Crippen LogP contribution in [0.5, 0.6) is 5.75 Å². The third kappa shape index (κ3) is 1.87. The van der Waals surface area contributed by atoms with Crippen molar-refractivity contribution in [1.29, 1.82) is 0 Å². The van der Waals surface area contributed by atoms with Crippen molar-refractivity contribution in [1.82, 2.24) is 0 Å². The van der Waals surface area contributed by atoms with Crippen LogP contribution in [-0.2, 0) is 0 Å². The summed E-state index contributed by atoms with van der Waals surface area (Å²) < 4.78 is 0. The molecular formula is C11H14O3. The fraction of sp³-hybridized carbons (Fsp3) is 0.364. The lowest BCUT2D eigenvalue weighted by molar-refractivity contribution is 0.0694. The number of carbonyl (C=O) groups is 1. The molecule has 0 radical (unpaired) electrons. The van der Waals surface area contributed by atoms with Crippen molar-refractivity contribution < 1.29 is 15.0 Å². The van der Waals surface area contributed by atoms with E-state index in [2.05, 4.69) is 0 Å². The molecule has 0 saturated heterocycles. The first kappa shape index (κ1) is 10.6. The van der Waals surface area contributed by atoms with Gasteiger partial charge in [0.2, 0.25) is 0 Å². The number of benzene rings is 1. The SMILES string of the molecule is CCC(C)c1c(O)cccc1C(=O)O. The number of phenols is 1. The molecule has 1 aromatic carbocycles. The third-order valence-electron chi connectivity index (χ3n) is 2.42. The van der Waals surface area contributed by atoms with Gasteiger partial charge in [0.05, 0.1) is 5.56 Å². The fourth-order valence-corrected chi connectivity index (χ4v) is 1.46. The molecule has 1 unspecified atom stereocenters. The molecule has 0 fully saturated rings. The van der Waals surface area contributed by atoms with Gasteiger partial charge in [-0.3, -0.25) is 0 Å². The molecule has 0 spiro atoms. The predicted octanol–water partition coefficient (Wildman–Crippen LogP) is 2.60. The van der Waals surface area contributed by atoms with Crippen LogP contribution in [-0.4, -0.2) is 16.2 Å². The van der Waals surface area contributed by atoms with E-state index < -0.39 is 5.97 Å². The van der Waals surface area contributed by atoms with Crippen molar-refractivity contribution in [3.8, 4) is 5.75 Å². The monoisotopic (exact) mass is 194 g/mol. The van der Waals surface area contributed by atoms with Gasteiger partial charge in [0, 0.05) is 5.56 Å². The Morgan fingerprint density at radius 1 is 1.50 bits per heavy atom. The standard InChI is InChI=1S/C11H14O3/c1-3-7(2)10-8(11(13)14)5-4-6-9(10)12/h4-7,12H,3H2,1-2H3,(H,13,14). The van der Waals surface area contributed by atoms with Crippen molar-refractivity contribution in [3.63, 3.8) is 0 Å². The molecule has 0 aliphatic carbocycles. The summed E-state index contributed by atoms with van der Waals surface area (Å²) in [6.07, 6.45) is 0.803. The van der Waals surface area contributed by atoms with Gasteiger partial charge in [-0.15, -0.1) is 0 Å². The molecule has 0 heterocycles. The molecule has 0 aliphatic heterocycles. The highest BCUT2D eigenvalue weighted by atomic mass is 16.4. The molecule has 76 valence electrons. The molecule has 3 nitrogen and oxygen atoms in total. The lowest BCUT2D eigenvalue weighted by atomic mass is 9.93. The number of carboxylic acid groups (broad SMARTS) is 1. The maximum absolute atomic E-state index is 10.9. The van der Waals surface area contributed by atoms with Crippen molar-refractivity contribution in [2.75, 3.05) is 0 Å². The van der Waals surface area contributed by atoms with E-state index in [-0.39, 0.29) is 17.2 Å². The average molecular weight is 194 g/mol. The molecular weight excluding hydrogens is 180 g/mol. The van der Waals surface area contributed by atoms with Gasteiger partial charge in [-0.2, -0.15) is 0 Å². The van der Waals surface area contributed by atoms with Gasteiger partial charge in [0.1, 0.15) is 5.75 Å². The maximum atomic E-state index is 10.9. The summed E-state index contributed by atoms with van der Waals surface area (Å²) in [6.45, 7) is 3.87. The smallest absolute Gasteiger partial charge is 0.336 e. The van der Waals surface area contributed by atoms with E-state index in [9.17, 15) is 9.90 Å². The number of carboxylic acids is 1. The Morgan fingerprint density at radius 3 is 2.64 bits per heavy atom. The van der Waals surface area contributed by atoms with E-state index in [1.165, 1.54) is 12.1 Å². The second-order valence-electron chi connectivity index (χ2n) is 3.35.